The summed E-state index contributed by atoms with van der Waals surface area (Å²) in [6.45, 7) is 2.71. The van der Waals surface area contributed by atoms with E-state index in [0.29, 0.717) is 72.2 Å². The van der Waals surface area contributed by atoms with E-state index < -0.39 is 30.1 Å². The number of benzene rings is 3. The average molecular weight is 910 g/mol. The number of rotatable bonds is 17. The number of pyridine rings is 1. The summed E-state index contributed by atoms with van der Waals surface area (Å²) in [6, 6.07) is 21.2. The number of aromatic nitrogens is 1. The number of para-hydroxylation sites is 1. The van der Waals surface area contributed by atoms with E-state index >= 15 is 0 Å². The van der Waals surface area contributed by atoms with Crippen LogP contribution in [0.4, 0.5) is 15.3 Å². The molecule has 0 bridgehead atoms. The van der Waals surface area contributed by atoms with Gasteiger partial charge >= 0.3 is 12.1 Å². The van der Waals surface area contributed by atoms with Crippen molar-refractivity contribution in [1.82, 2.24) is 31.2 Å². The Morgan fingerprint density at radius 2 is 1.51 bits per heavy atom. The molecule has 302 valence electrons. The summed E-state index contributed by atoms with van der Waals surface area (Å²) in [5.41, 5.74) is 3.27. The van der Waals surface area contributed by atoms with Crippen LogP contribution in [0.1, 0.15) is 36.0 Å². The number of carbonyl (C=O) groups is 4. The first-order valence-corrected chi connectivity index (χ1v) is 20.2. The van der Waals surface area contributed by atoms with Crippen molar-refractivity contribution in [2.45, 2.75) is 50.9 Å². The predicted octanol–water partition coefficient (Wildman–Crippen LogP) is 5.66. The standard InChI is InChI=1S/C41H47Br2N7O7/c1-56-36-13-6-5-11-30(36)26-46-40(54)48-35(25-29-23-32(42)37(51)33(43)24-29)38(52)47-34(12-7-8-16-45-41(55)57-27-28-9-3-2-4-10-28)39(53)50-21-19-49(20-22-50)31-14-17-44-18-15-31/h2-6,9-11,13-15,17-18,23-24,34-35,51H,7-8,12,16,19-22,25-27H2,1H3,(H,45,55)(H,47,52)(H2,46,48,54)/t34-,35?/m0/s1. The molecule has 1 unspecified atom stereocenters. The highest BCUT2D eigenvalue weighted by molar-refractivity contribution is 9.11. The Balaban J connectivity index is 1.26. The Morgan fingerprint density at radius 3 is 2.21 bits per heavy atom. The molecule has 4 aromatic rings. The lowest BCUT2D eigenvalue weighted by atomic mass is 10.0. The highest BCUT2D eigenvalue weighted by atomic mass is 79.9. The van der Waals surface area contributed by atoms with Gasteiger partial charge in [-0.15, -0.1) is 0 Å². The lowest BCUT2D eigenvalue weighted by Crippen LogP contribution is -2.58. The summed E-state index contributed by atoms with van der Waals surface area (Å²) in [7, 11) is 1.55. The van der Waals surface area contributed by atoms with Crippen molar-refractivity contribution in [1.29, 1.82) is 0 Å². The van der Waals surface area contributed by atoms with Crippen LogP contribution in [0.5, 0.6) is 11.5 Å². The minimum atomic E-state index is -1.11. The number of amides is 5. The molecular formula is C41H47Br2N7O7. The Morgan fingerprint density at radius 1 is 0.825 bits per heavy atom. The Bertz CT molecular complexity index is 1930. The third kappa shape index (κ3) is 13.1. The van der Waals surface area contributed by atoms with Gasteiger partial charge in [-0.2, -0.15) is 0 Å². The molecule has 57 heavy (non-hydrogen) atoms. The average Bonchev–Trinajstić information content (AvgIpc) is 3.23. The maximum Gasteiger partial charge on any atom is 0.407 e. The number of methoxy groups -OCH3 is 1. The van der Waals surface area contributed by atoms with Gasteiger partial charge in [0.25, 0.3) is 0 Å². The van der Waals surface area contributed by atoms with E-state index in [9.17, 15) is 24.3 Å². The Hall–Kier alpha value is -5.35. The molecule has 1 aromatic heterocycles. The molecule has 0 spiro atoms. The second-order valence-corrected chi connectivity index (χ2v) is 15.1. The van der Waals surface area contributed by atoms with Crippen molar-refractivity contribution < 1.29 is 33.8 Å². The van der Waals surface area contributed by atoms with Crippen LogP contribution in [0, 0.1) is 0 Å². The number of urea groups is 1. The number of unbranched alkanes of at least 4 members (excludes halogenated alkanes) is 1. The van der Waals surface area contributed by atoms with Gasteiger partial charge < -0.3 is 45.6 Å². The van der Waals surface area contributed by atoms with Crippen LogP contribution in [0.25, 0.3) is 0 Å². The van der Waals surface area contributed by atoms with Crippen molar-refractivity contribution in [3.63, 3.8) is 0 Å². The van der Waals surface area contributed by atoms with Gasteiger partial charge in [-0.3, -0.25) is 14.6 Å². The van der Waals surface area contributed by atoms with E-state index in [0.717, 1.165) is 16.8 Å². The van der Waals surface area contributed by atoms with Crippen LogP contribution in [-0.4, -0.2) is 90.8 Å². The van der Waals surface area contributed by atoms with Gasteiger partial charge in [0.2, 0.25) is 11.8 Å². The number of anilines is 1. The second-order valence-electron chi connectivity index (χ2n) is 13.4. The number of ether oxygens (including phenoxy) is 2. The quantitative estimate of drug-likeness (QED) is 0.0838. The van der Waals surface area contributed by atoms with Gasteiger partial charge in [-0.05, 0) is 92.6 Å². The first-order chi connectivity index (χ1) is 27.6. The fraction of sp³-hybridized carbons (Fsp3) is 0.341. The number of carbonyl (C=O) groups excluding carboxylic acids is 4. The van der Waals surface area contributed by atoms with Crippen molar-refractivity contribution in [2.24, 2.45) is 0 Å². The van der Waals surface area contributed by atoms with Gasteiger partial charge in [-0.25, -0.2) is 9.59 Å². The van der Waals surface area contributed by atoms with Crippen molar-refractivity contribution in [3.8, 4) is 11.5 Å². The van der Waals surface area contributed by atoms with Crippen molar-refractivity contribution in [3.05, 3.63) is 117 Å². The fourth-order valence-electron chi connectivity index (χ4n) is 6.34. The molecule has 1 fully saturated rings. The third-order valence-electron chi connectivity index (χ3n) is 9.41. The molecular weight excluding hydrogens is 862 g/mol. The zero-order valence-electron chi connectivity index (χ0n) is 31.6. The van der Waals surface area contributed by atoms with E-state index in [4.69, 9.17) is 9.47 Å². The van der Waals surface area contributed by atoms with Crippen LogP contribution in [0.2, 0.25) is 0 Å². The normalized spacial score (nSPS) is 13.5. The van der Waals surface area contributed by atoms with Gasteiger partial charge in [0, 0.05) is 69.3 Å². The topological polar surface area (TPSA) is 174 Å². The molecule has 5 amide bonds. The Kier molecular flexibility index (Phi) is 16.4. The summed E-state index contributed by atoms with van der Waals surface area (Å²) in [5, 5.41) is 21.6. The molecule has 2 atom stereocenters. The molecule has 1 aliphatic heterocycles. The highest BCUT2D eigenvalue weighted by Gasteiger charge is 2.31. The van der Waals surface area contributed by atoms with Crippen LogP contribution in [0.15, 0.2) is 100 Å². The lowest BCUT2D eigenvalue weighted by Gasteiger charge is -2.37. The Labute approximate surface area is 349 Å². The molecule has 1 aliphatic rings. The van der Waals surface area contributed by atoms with E-state index in [1.807, 2.05) is 60.7 Å². The van der Waals surface area contributed by atoms with E-state index in [2.05, 4.69) is 63.0 Å². The molecule has 0 aliphatic carbocycles. The van der Waals surface area contributed by atoms with Crippen LogP contribution < -0.4 is 30.9 Å². The summed E-state index contributed by atoms with van der Waals surface area (Å²) in [5.74, 6) is -0.189. The number of hydrogen-bond acceptors (Lipinski definition) is 9. The monoisotopic (exact) mass is 907 g/mol. The number of nitrogens with one attached hydrogen (secondary N) is 4. The maximum atomic E-state index is 14.2. The second kappa shape index (κ2) is 21.8. The lowest BCUT2D eigenvalue weighted by molar-refractivity contribution is -0.137. The molecule has 5 rings (SSSR count). The molecule has 5 N–H and O–H groups in total. The molecule has 0 radical (unpaired) electrons. The van der Waals surface area contributed by atoms with E-state index in [1.165, 1.54) is 0 Å². The number of phenolic OH excluding ortho intramolecular Hbond substituents is 1. The smallest absolute Gasteiger partial charge is 0.407 e. The van der Waals surface area contributed by atoms with E-state index in [1.54, 1.807) is 42.6 Å². The number of nitrogens with zero attached hydrogens (tertiary/aromatic N) is 3. The maximum absolute atomic E-state index is 14.2. The SMILES string of the molecule is COc1ccccc1CNC(=O)NC(Cc1cc(Br)c(O)c(Br)c1)C(=O)N[C@@H](CCCCNC(=O)OCc1ccccc1)C(=O)N1CCN(c2ccncc2)CC1. The number of alkyl carbamates (subject to hydrolysis) is 1. The number of aromatic hydroxyl groups is 1. The van der Waals surface area contributed by atoms with Gasteiger partial charge in [0.15, 0.2) is 0 Å². The first-order valence-electron chi connectivity index (χ1n) is 18.6. The minimum Gasteiger partial charge on any atom is -0.506 e. The summed E-state index contributed by atoms with van der Waals surface area (Å²) in [4.78, 5) is 62.0. The predicted molar refractivity (Wildman–Crippen MR) is 223 cm³/mol. The molecule has 1 saturated heterocycles. The summed E-state index contributed by atoms with van der Waals surface area (Å²) < 4.78 is 11.5. The van der Waals surface area contributed by atoms with Gasteiger partial charge in [0.05, 0.1) is 16.1 Å². The number of phenols is 1. The largest absolute Gasteiger partial charge is 0.506 e. The highest BCUT2D eigenvalue weighted by Crippen LogP contribution is 2.33. The fourth-order valence-corrected chi connectivity index (χ4v) is 7.62. The molecule has 16 heteroatoms. The van der Waals surface area contributed by atoms with Crippen molar-refractivity contribution in [2.75, 3.05) is 44.7 Å². The van der Waals surface area contributed by atoms with Gasteiger partial charge in [-0.1, -0.05) is 48.5 Å². The zero-order valence-corrected chi connectivity index (χ0v) is 34.8. The summed E-state index contributed by atoms with van der Waals surface area (Å²) >= 11 is 6.70. The molecule has 14 nitrogen and oxygen atoms in total. The van der Waals surface area contributed by atoms with Crippen molar-refractivity contribution >= 4 is 61.5 Å². The molecule has 0 saturated carbocycles. The number of halogens is 2. The van der Waals surface area contributed by atoms with Crippen LogP contribution in [0.3, 0.4) is 0 Å². The number of piperazine rings is 1. The number of hydrogen-bond donors (Lipinski definition) is 5. The minimum absolute atomic E-state index is 0.00380. The summed E-state index contributed by atoms with van der Waals surface area (Å²) in [6.07, 6.45) is 4.28. The zero-order chi connectivity index (χ0) is 40.6. The van der Waals surface area contributed by atoms with Gasteiger partial charge in [0.1, 0.15) is 30.2 Å². The molecule has 2 heterocycles. The third-order valence-corrected chi connectivity index (χ3v) is 10.6. The van der Waals surface area contributed by atoms with Crippen LogP contribution >= 0.6 is 31.9 Å². The van der Waals surface area contributed by atoms with Crippen LogP contribution in [-0.2, 0) is 33.9 Å². The first kappa shape index (κ1) is 42.8. The van der Waals surface area contributed by atoms with E-state index in [-0.39, 0.29) is 31.2 Å². The molecule has 3 aromatic carbocycles.